The first-order valence-electron chi connectivity index (χ1n) is 6.49. The minimum Gasteiger partial charge on any atom is -0.355 e. The van der Waals surface area contributed by atoms with Gasteiger partial charge in [0, 0.05) is 59.4 Å². The highest BCUT2D eigenvalue weighted by Crippen LogP contribution is 2.11. The molecule has 1 aliphatic heterocycles. The standard InChI is InChI=1S/C12H21N5O2/c1-14-10(9-11(18)15(2)12(14)19)17-7-5-16(4-3-13)6-8-17/h9H,3-8,13H2,1-2H3. The minimum atomic E-state index is -0.285. The van der Waals surface area contributed by atoms with Crippen LogP contribution in [0.3, 0.4) is 0 Å². The molecule has 1 aromatic rings. The second-order valence-electron chi connectivity index (χ2n) is 4.86. The largest absolute Gasteiger partial charge is 0.355 e. The summed E-state index contributed by atoms with van der Waals surface area (Å²) in [5.41, 5.74) is 4.99. The van der Waals surface area contributed by atoms with Crippen LogP contribution in [0.1, 0.15) is 0 Å². The molecule has 19 heavy (non-hydrogen) atoms. The lowest BCUT2D eigenvalue weighted by atomic mass is 10.3. The number of anilines is 1. The average Bonchev–Trinajstić information content (AvgIpc) is 2.42. The van der Waals surface area contributed by atoms with Crippen molar-refractivity contribution in [1.29, 1.82) is 0 Å². The summed E-state index contributed by atoms with van der Waals surface area (Å²) in [6.45, 7) is 4.97. The molecular formula is C12H21N5O2. The molecule has 1 fully saturated rings. The van der Waals surface area contributed by atoms with Gasteiger partial charge >= 0.3 is 5.69 Å². The third-order valence-corrected chi connectivity index (χ3v) is 3.64. The molecule has 0 aromatic carbocycles. The molecule has 0 unspecified atom stereocenters. The van der Waals surface area contributed by atoms with Crippen LogP contribution in [-0.4, -0.2) is 53.3 Å². The van der Waals surface area contributed by atoms with Crippen LogP contribution in [0.25, 0.3) is 0 Å². The van der Waals surface area contributed by atoms with Crippen LogP contribution in [0.15, 0.2) is 15.7 Å². The molecule has 7 heteroatoms. The number of nitrogens with two attached hydrogens (primary N) is 1. The number of hydrogen-bond acceptors (Lipinski definition) is 5. The predicted octanol–water partition coefficient (Wildman–Crippen LogP) is -1.84. The summed E-state index contributed by atoms with van der Waals surface area (Å²) in [7, 11) is 3.19. The summed E-state index contributed by atoms with van der Waals surface area (Å²) in [4.78, 5) is 28.0. The van der Waals surface area contributed by atoms with Gasteiger partial charge in [0.15, 0.2) is 0 Å². The van der Waals surface area contributed by atoms with E-state index in [4.69, 9.17) is 5.73 Å². The Kier molecular flexibility index (Phi) is 4.06. The van der Waals surface area contributed by atoms with E-state index >= 15 is 0 Å². The monoisotopic (exact) mass is 267 g/mol. The third kappa shape index (κ3) is 2.71. The lowest BCUT2D eigenvalue weighted by molar-refractivity contribution is 0.263. The molecule has 7 nitrogen and oxygen atoms in total. The normalized spacial score (nSPS) is 16.9. The van der Waals surface area contributed by atoms with E-state index in [2.05, 4.69) is 9.80 Å². The summed E-state index contributed by atoms with van der Waals surface area (Å²) in [5.74, 6) is 0.695. The first-order valence-corrected chi connectivity index (χ1v) is 6.49. The molecule has 1 saturated heterocycles. The van der Waals surface area contributed by atoms with Gasteiger partial charge in [-0.25, -0.2) is 4.79 Å². The van der Waals surface area contributed by atoms with E-state index in [1.165, 1.54) is 17.7 Å². The molecule has 0 aliphatic carbocycles. The lowest BCUT2D eigenvalue weighted by Gasteiger charge is -2.36. The van der Waals surface area contributed by atoms with Gasteiger partial charge in [0.25, 0.3) is 5.56 Å². The van der Waals surface area contributed by atoms with Crippen molar-refractivity contribution in [2.24, 2.45) is 19.8 Å². The van der Waals surface area contributed by atoms with Crippen molar-refractivity contribution in [2.45, 2.75) is 0 Å². The van der Waals surface area contributed by atoms with Crippen LogP contribution in [0, 0.1) is 0 Å². The smallest absolute Gasteiger partial charge is 0.332 e. The van der Waals surface area contributed by atoms with Crippen molar-refractivity contribution < 1.29 is 0 Å². The van der Waals surface area contributed by atoms with E-state index < -0.39 is 0 Å². The number of rotatable bonds is 3. The van der Waals surface area contributed by atoms with Gasteiger partial charge in [-0.2, -0.15) is 0 Å². The van der Waals surface area contributed by atoms with Gasteiger partial charge in [-0.1, -0.05) is 0 Å². The maximum absolute atomic E-state index is 11.9. The van der Waals surface area contributed by atoms with Crippen molar-refractivity contribution in [3.63, 3.8) is 0 Å². The molecule has 2 heterocycles. The van der Waals surface area contributed by atoms with E-state index in [-0.39, 0.29) is 11.2 Å². The topological polar surface area (TPSA) is 76.5 Å². The quantitative estimate of drug-likeness (QED) is 0.697. The van der Waals surface area contributed by atoms with E-state index in [0.717, 1.165) is 37.3 Å². The van der Waals surface area contributed by atoms with Gasteiger partial charge in [0.2, 0.25) is 0 Å². The minimum absolute atomic E-state index is 0.262. The molecule has 1 aliphatic rings. The molecule has 1 aromatic heterocycles. The second kappa shape index (κ2) is 5.58. The number of piperazine rings is 1. The number of nitrogens with zero attached hydrogens (tertiary/aromatic N) is 4. The average molecular weight is 267 g/mol. The van der Waals surface area contributed by atoms with Gasteiger partial charge in [-0.05, 0) is 0 Å². The van der Waals surface area contributed by atoms with Crippen LogP contribution in [0.5, 0.6) is 0 Å². The Morgan fingerprint density at radius 3 is 2.32 bits per heavy atom. The number of aromatic nitrogens is 2. The summed E-state index contributed by atoms with van der Waals surface area (Å²) in [6, 6.07) is 1.53. The van der Waals surface area contributed by atoms with Gasteiger partial charge < -0.3 is 10.6 Å². The Hall–Kier alpha value is -1.60. The predicted molar refractivity (Wildman–Crippen MR) is 74.6 cm³/mol. The summed E-state index contributed by atoms with van der Waals surface area (Å²) in [5, 5.41) is 0. The molecule has 2 rings (SSSR count). The first kappa shape index (κ1) is 13.8. The highest BCUT2D eigenvalue weighted by Gasteiger charge is 2.19. The van der Waals surface area contributed by atoms with Gasteiger partial charge in [0.1, 0.15) is 5.82 Å². The fraction of sp³-hybridized carbons (Fsp3) is 0.667. The molecule has 0 radical (unpaired) electrons. The Balaban J connectivity index is 2.21. The highest BCUT2D eigenvalue weighted by atomic mass is 16.2. The first-order chi connectivity index (χ1) is 9.04. The summed E-state index contributed by atoms with van der Waals surface area (Å²) >= 11 is 0. The van der Waals surface area contributed by atoms with Crippen LogP contribution < -0.4 is 21.9 Å². The molecule has 0 amide bonds. The second-order valence-corrected chi connectivity index (χ2v) is 4.86. The zero-order valence-electron chi connectivity index (χ0n) is 11.5. The van der Waals surface area contributed by atoms with E-state index in [9.17, 15) is 9.59 Å². The zero-order chi connectivity index (χ0) is 14.0. The van der Waals surface area contributed by atoms with Crippen LogP contribution in [0.2, 0.25) is 0 Å². The van der Waals surface area contributed by atoms with E-state index in [0.29, 0.717) is 12.4 Å². The molecule has 2 N–H and O–H groups in total. The maximum Gasteiger partial charge on any atom is 0.332 e. The third-order valence-electron chi connectivity index (χ3n) is 3.64. The van der Waals surface area contributed by atoms with Gasteiger partial charge in [0.05, 0.1) is 0 Å². The summed E-state index contributed by atoms with van der Waals surface area (Å²) < 4.78 is 2.65. The Morgan fingerprint density at radius 2 is 1.74 bits per heavy atom. The number of hydrogen-bond donors (Lipinski definition) is 1. The SMILES string of the molecule is Cn1c(N2CCN(CCN)CC2)cc(=O)n(C)c1=O. The Morgan fingerprint density at radius 1 is 1.11 bits per heavy atom. The Labute approximate surface area is 111 Å². The molecule has 0 bridgehead atoms. The molecule has 106 valence electrons. The molecular weight excluding hydrogens is 246 g/mol. The van der Waals surface area contributed by atoms with Gasteiger partial charge in [-0.15, -0.1) is 0 Å². The van der Waals surface area contributed by atoms with Crippen LogP contribution in [0.4, 0.5) is 5.82 Å². The summed E-state index contributed by atoms with van der Waals surface area (Å²) in [6.07, 6.45) is 0. The maximum atomic E-state index is 11.9. The van der Waals surface area contributed by atoms with Crippen molar-refractivity contribution in [1.82, 2.24) is 14.0 Å². The molecule has 0 spiro atoms. The van der Waals surface area contributed by atoms with Crippen LogP contribution in [-0.2, 0) is 14.1 Å². The van der Waals surface area contributed by atoms with Crippen molar-refractivity contribution in [3.05, 3.63) is 26.9 Å². The highest BCUT2D eigenvalue weighted by molar-refractivity contribution is 5.38. The van der Waals surface area contributed by atoms with Crippen LogP contribution >= 0.6 is 0 Å². The molecule has 0 atom stereocenters. The zero-order valence-corrected chi connectivity index (χ0v) is 11.5. The fourth-order valence-electron chi connectivity index (χ4n) is 2.41. The lowest BCUT2D eigenvalue weighted by Crippen LogP contribution is -2.50. The van der Waals surface area contributed by atoms with Crippen molar-refractivity contribution >= 4 is 5.82 Å². The molecule has 0 saturated carbocycles. The van der Waals surface area contributed by atoms with E-state index in [1.54, 1.807) is 7.05 Å². The van der Waals surface area contributed by atoms with Gasteiger partial charge in [-0.3, -0.25) is 18.8 Å². The van der Waals surface area contributed by atoms with E-state index in [1.807, 2.05) is 0 Å². The van der Waals surface area contributed by atoms with Crippen molar-refractivity contribution in [2.75, 3.05) is 44.2 Å². The fourth-order valence-corrected chi connectivity index (χ4v) is 2.41. The van der Waals surface area contributed by atoms with Crippen molar-refractivity contribution in [3.8, 4) is 0 Å². The Bertz CT molecular complexity index is 554.